The Labute approximate surface area is 176 Å². The molecule has 0 bridgehead atoms. The van der Waals surface area contributed by atoms with Gasteiger partial charge in [-0.15, -0.1) is 0 Å². The van der Waals surface area contributed by atoms with Crippen LogP contribution in [0.1, 0.15) is 18.4 Å². The lowest BCUT2D eigenvalue weighted by molar-refractivity contribution is -0.122. The van der Waals surface area contributed by atoms with Crippen LogP contribution in [0.15, 0.2) is 23.1 Å². The third kappa shape index (κ3) is 5.08. The van der Waals surface area contributed by atoms with Crippen LogP contribution in [0, 0.1) is 23.2 Å². The van der Waals surface area contributed by atoms with E-state index >= 15 is 0 Å². The summed E-state index contributed by atoms with van der Waals surface area (Å²) in [5.74, 6) is 0.615. The van der Waals surface area contributed by atoms with Crippen LogP contribution in [-0.2, 0) is 19.6 Å². The second-order valence-electron chi connectivity index (χ2n) is 7.48. The lowest BCUT2D eigenvalue weighted by Crippen LogP contribution is -2.47. The summed E-state index contributed by atoms with van der Waals surface area (Å²) < 4.78 is 33.4. The number of hydrogen-bond donors (Lipinski definition) is 1. The van der Waals surface area contributed by atoms with Gasteiger partial charge < -0.3 is 14.7 Å². The van der Waals surface area contributed by atoms with Gasteiger partial charge in [0.05, 0.1) is 22.8 Å². The zero-order valence-corrected chi connectivity index (χ0v) is 18.2. The summed E-state index contributed by atoms with van der Waals surface area (Å²) in [6, 6.07) is 6.59. The van der Waals surface area contributed by atoms with Crippen LogP contribution in [0.4, 0.5) is 0 Å². The number of fused-ring (bicyclic) bond motifs is 1. The molecule has 1 heterocycles. The van der Waals surface area contributed by atoms with Crippen LogP contribution < -0.4 is 0 Å². The molecular weight excluding hydrogens is 418 g/mol. The molecular formula is C19H26ClN3O5S. The molecule has 4 atom stereocenters. The third-order valence-electron chi connectivity index (χ3n) is 5.70. The first-order chi connectivity index (χ1) is 13.7. The van der Waals surface area contributed by atoms with Gasteiger partial charge in [0.25, 0.3) is 6.47 Å². The number of nitrogens with zero attached hydrogens (tertiary/aromatic N) is 3. The highest BCUT2D eigenvalue weighted by Gasteiger charge is 2.46. The van der Waals surface area contributed by atoms with E-state index in [0.29, 0.717) is 36.5 Å². The molecule has 0 radical (unpaired) electrons. The summed E-state index contributed by atoms with van der Waals surface area (Å²) in [7, 11) is 2.12. The number of methoxy groups -OCH3 is 1. The van der Waals surface area contributed by atoms with E-state index in [9.17, 15) is 8.42 Å². The summed E-state index contributed by atoms with van der Waals surface area (Å²) in [6.07, 6.45) is 1.90. The molecule has 1 aliphatic carbocycles. The first kappa shape index (κ1) is 23.6. The lowest BCUT2D eigenvalue weighted by Gasteiger charge is -2.40. The molecule has 1 aromatic carbocycles. The highest BCUT2D eigenvalue weighted by molar-refractivity contribution is 7.89. The Morgan fingerprint density at radius 1 is 1.31 bits per heavy atom. The summed E-state index contributed by atoms with van der Waals surface area (Å²) in [5, 5.41) is 15.9. The minimum atomic E-state index is -3.68. The molecule has 160 valence electrons. The standard InChI is InChI=1S/C18H24ClN3O3S.CH2O2/c1-21(2)16-7-13-10-22(11-14(13)8-17(16)25-3)26(23,24)18-5-4-12(9-20)6-15(18)19;2-1-3/h4-6,13-14,16-17H,7-8,10-11H2,1-3H3;1H,(H,2,3)/t13-,14+,16-,17-;/m1./s1. The number of halogens is 1. The van der Waals surface area contributed by atoms with Crippen molar-refractivity contribution in [1.82, 2.24) is 9.21 Å². The van der Waals surface area contributed by atoms with Crippen LogP contribution in [0.2, 0.25) is 5.02 Å². The quantitative estimate of drug-likeness (QED) is 0.707. The SMILES string of the molecule is CO[C@@H]1C[C@H]2CN(S(=O)(=O)c3ccc(C#N)cc3Cl)C[C@H]2C[C@H]1N(C)C.O=CO. The molecule has 8 nitrogen and oxygen atoms in total. The van der Waals surface area contributed by atoms with Crippen molar-refractivity contribution in [2.24, 2.45) is 11.8 Å². The largest absolute Gasteiger partial charge is 0.483 e. The molecule has 2 aliphatic rings. The summed E-state index contributed by atoms with van der Waals surface area (Å²) >= 11 is 6.15. The number of nitriles is 1. The summed E-state index contributed by atoms with van der Waals surface area (Å²) in [4.78, 5) is 10.6. The van der Waals surface area contributed by atoms with E-state index < -0.39 is 10.0 Å². The minimum absolute atomic E-state index is 0.0734. The maximum absolute atomic E-state index is 13.1. The highest BCUT2D eigenvalue weighted by Crippen LogP contribution is 2.41. The predicted octanol–water partition coefficient (Wildman–Crippen LogP) is 1.89. The van der Waals surface area contributed by atoms with Gasteiger partial charge in [0.15, 0.2) is 0 Å². The maximum Gasteiger partial charge on any atom is 0.290 e. The molecule has 1 saturated heterocycles. The lowest BCUT2D eigenvalue weighted by atomic mass is 9.77. The Balaban J connectivity index is 0.000000941. The Hall–Kier alpha value is -1.70. The van der Waals surface area contributed by atoms with Crippen LogP contribution in [0.3, 0.4) is 0 Å². The topological polar surface area (TPSA) is 111 Å². The fourth-order valence-corrected chi connectivity index (χ4v) is 6.33. The zero-order valence-electron chi connectivity index (χ0n) is 16.7. The number of carbonyl (C=O) groups is 1. The van der Waals surface area contributed by atoms with E-state index in [2.05, 4.69) is 4.90 Å². The van der Waals surface area contributed by atoms with Gasteiger partial charge in [0.1, 0.15) is 4.90 Å². The van der Waals surface area contributed by atoms with Crippen LogP contribution in [0.5, 0.6) is 0 Å². The summed E-state index contributed by atoms with van der Waals surface area (Å²) in [6.45, 7) is 0.743. The van der Waals surface area contributed by atoms with Crippen molar-refractivity contribution < 1.29 is 23.1 Å². The third-order valence-corrected chi connectivity index (χ3v) is 8.01. The van der Waals surface area contributed by atoms with Gasteiger partial charge in [-0.25, -0.2) is 8.42 Å². The number of carboxylic acid groups (broad SMARTS) is 1. The van der Waals surface area contributed by atoms with Crippen molar-refractivity contribution in [3.05, 3.63) is 28.8 Å². The van der Waals surface area contributed by atoms with Crippen molar-refractivity contribution in [2.45, 2.75) is 29.9 Å². The highest BCUT2D eigenvalue weighted by atomic mass is 35.5. The average Bonchev–Trinajstić information content (AvgIpc) is 3.11. The van der Waals surface area contributed by atoms with Crippen LogP contribution >= 0.6 is 11.6 Å². The average molecular weight is 444 g/mol. The maximum atomic E-state index is 13.1. The van der Waals surface area contributed by atoms with Crippen LogP contribution in [-0.4, -0.2) is 75.6 Å². The Bertz CT molecular complexity index is 871. The molecule has 1 N–H and O–H groups in total. The van der Waals surface area contributed by atoms with E-state index in [1.165, 1.54) is 18.2 Å². The molecule has 0 amide bonds. The van der Waals surface area contributed by atoms with Crippen molar-refractivity contribution in [3.63, 3.8) is 0 Å². The van der Waals surface area contributed by atoms with Crippen molar-refractivity contribution in [1.29, 1.82) is 5.26 Å². The Morgan fingerprint density at radius 3 is 2.38 bits per heavy atom. The Morgan fingerprint density at radius 2 is 1.90 bits per heavy atom. The number of likely N-dealkylation sites (N-methyl/N-ethyl adjacent to an activating group) is 1. The predicted molar refractivity (Wildman–Crippen MR) is 108 cm³/mol. The molecule has 0 aromatic heterocycles. The van der Waals surface area contributed by atoms with Gasteiger partial charge in [0.2, 0.25) is 10.0 Å². The van der Waals surface area contributed by atoms with E-state index in [1.54, 1.807) is 11.4 Å². The minimum Gasteiger partial charge on any atom is -0.483 e. The van der Waals surface area contributed by atoms with Crippen molar-refractivity contribution >= 4 is 28.1 Å². The van der Waals surface area contributed by atoms with Gasteiger partial charge in [-0.05, 0) is 57.0 Å². The number of sulfonamides is 1. The molecule has 1 aliphatic heterocycles. The molecule has 1 aromatic rings. The van der Waals surface area contributed by atoms with E-state index in [4.69, 9.17) is 31.5 Å². The molecule has 1 saturated carbocycles. The van der Waals surface area contributed by atoms with Crippen molar-refractivity contribution in [3.8, 4) is 6.07 Å². The van der Waals surface area contributed by atoms with Gasteiger partial charge in [-0.1, -0.05) is 11.6 Å². The number of ether oxygens (including phenoxy) is 1. The molecule has 29 heavy (non-hydrogen) atoms. The fourth-order valence-electron chi connectivity index (χ4n) is 4.26. The second-order valence-corrected chi connectivity index (χ2v) is 9.79. The normalized spacial score (nSPS) is 26.9. The second kappa shape index (κ2) is 9.87. The van der Waals surface area contributed by atoms with Gasteiger partial charge >= 0.3 is 0 Å². The van der Waals surface area contributed by atoms with Gasteiger partial charge in [-0.2, -0.15) is 9.57 Å². The zero-order chi connectivity index (χ0) is 21.8. The molecule has 2 fully saturated rings. The molecule has 0 unspecified atom stereocenters. The van der Waals surface area contributed by atoms with Crippen LogP contribution in [0.25, 0.3) is 0 Å². The van der Waals surface area contributed by atoms with E-state index in [0.717, 1.165) is 12.8 Å². The number of rotatable bonds is 4. The molecule has 3 rings (SSSR count). The van der Waals surface area contributed by atoms with E-state index in [1.807, 2.05) is 20.2 Å². The number of benzene rings is 1. The summed E-state index contributed by atoms with van der Waals surface area (Å²) in [5.41, 5.74) is 0.348. The van der Waals surface area contributed by atoms with Gasteiger partial charge in [-0.3, -0.25) is 4.79 Å². The van der Waals surface area contributed by atoms with Crippen molar-refractivity contribution in [2.75, 3.05) is 34.3 Å². The first-order valence-electron chi connectivity index (χ1n) is 9.16. The monoisotopic (exact) mass is 443 g/mol. The van der Waals surface area contributed by atoms with Gasteiger partial charge in [0, 0.05) is 26.2 Å². The van der Waals surface area contributed by atoms with E-state index in [-0.39, 0.29) is 22.5 Å². The first-order valence-corrected chi connectivity index (χ1v) is 11.0. The fraction of sp³-hybridized carbons (Fsp3) is 0.579. The smallest absolute Gasteiger partial charge is 0.290 e. The molecule has 0 spiro atoms. The molecule has 10 heteroatoms. The Kier molecular flexibility index (Phi) is 8.02. The number of hydrogen-bond acceptors (Lipinski definition) is 6.